The number of hydrogen-bond acceptors (Lipinski definition) is 5. The van der Waals surface area contributed by atoms with Gasteiger partial charge in [0.05, 0.1) is 5.70 Å². The van der Waals surface area contributed by atoms with Crippen LogP contribution in [0.5, 0.6) is 0 Å². The van der Waals surface area contributed by atoms with Crippen LogP contribution in [-0.4, -0.2) is 44.2 Å². The van der Waals surface area contributed by atoms with Crippen LogP contribution in [0.2, 0.25) is 0 Å². The Balaban J connectivity index is 1.95. The highest BCUT2D eigenvalue weighted by atomic mass is 16.3. The number of Topliss-reactive ketones (excluding diaryl/α,β-unsaturated/α-hetero) is 2. The number of imidazole rings is 1. The summed E-state index contributed by atoms with van der Waals surface area (Å²) in [5.74, 6) is -0.0369. The van der Waals surface area contributed by atoms with Crippen LogP contribution >= 0.6 is 0 Å². The van der Waals surface area contributed by atoms with Crippen molar-refractivity contribution in [2.75, 3.05) is 13.1 Å². The molecule has 19 heavy (non-hydrogen) atoms. The molecule has 96 valence electrons. The van der Waals surface area contributed by atoms with Gasteiger partial charge in [0.2, 0.25) is 11.6 Å². The molecule has 1 aliphatic carbocycles. The van der Waals surface area contributed by atoms with Crippen LogP contribution < -0.4 is 0 Å². The van der Waals surface area contributed by atoms with Gasteiger partial charge in [0.25, 0.3) is 0 Å². The number of allylic oxidation sites excluding steroid dienone is 3. The van der Waals surface area contributed by atoms with Gasteiger partial charge < -0.3 is 14.6 Å². The van der Waals surface area contributed by atoms with Crippen molar-refractivity contribution in [3.05, 3.63) is 34.6 Å². The number of nitrogens with zero attached hydrogens (tertiary/aromatic N) is 3. The first-order chi connectivity index (χ1) is 9.09. The highest BCUT2D eigenvalue weighted by Crippen LogP contribution is 2.33. The Morgan fingerprint density at radius 3 is 2.68 bits per heavy atom. The molecule has 1 saturated heterocycles. The van der Waals surface area contributed by atoms with E-state index in [2.05, 4.69) is 4.98 Å². The molecule has 1 aromatic rings. The second kappa shape index (κ2) is 3.14. The summed E-state index contributed by atoms with van der Waals surface area (Å²) in [5, 5.41) is 9.69. The summed E-state index contributed by atoms with van der Waals surface area (Å²) in [6, 6.07) is 0. The zero-order valence-corrected chi connectivity index (χ0v) is 10.3. The molecule has 6 heteroatoms. The summed E-state index contributed by atoms with van der Waals surface area (Å²) < 4.78 is 1.60. The molecule has 1 aromatic heterocycles. The molecule has 2 aliphatic heterocycles. The largest absolute Gasteiger partial charge is 0.504 e. The number of fused-ring (bicyclic) bond motifs is 3. The van der Waals surface area contributed by atoms with E-state index in [0.717, 1.165) is 13.1 Å². The van der Waals surface area contributed by atoms with Crippen molar-refractivity contribution in [3.63, 3.8) is 0 Å². The zero-order chi connectivity index (χ0) is 13.3. The lowest BCUT2D eigenvalue weighted by Gasteiger charge is -2.17. The molecule has 0 spiro atoms. The van der Waals surface area contributed by atoms with Gasteiger partial charge in [-0.3, -0.25) is 9.59 Å². The second-order valence-corrected chi connectivity index (χ2v) is 4.95. The minimum atomic E-state index is -0.209. The molecule has 4 rings (SSSR count). The van der Waals surface area contributed by atoms with Crippen molar-refractivity contribution in [2.45, 2.75) is 13.5 Å². The van der Waals surface area contributed by atoms with E-state index in [-0.39, 0.29) is 23.0 Å². The van der Waals surface area contributed by atoms with E-state index >= 15 is 0 Å². The van der Waals surface area contributed by atoms with Gasteiger partial charge in [-0.15, -0.1) is 0 Å². The fourth-order valence-corrected chi connectivity index (χ4v) is 2.71. The lowest BCUT2D eigenvalue weighted by atomic mass is 9.95. The summed E-state index contributed by atoms with van der Waals surface area (Å²) in [4.78, 5) is 30.9. The Morgan fingerprint density at radius 1 is 1.26 bits per heavy atom. The van der Waals surface area contributed by atoms with E-state index in [1.54, 1.807) is 17.6 Å². The molecular formula is C13H11N3O3. The number of aliphatic hydroxyl groups excluding tert-OH is 1. The SMILES string of the molecule is CC1=C(N2CC2)C(=O)c2nc3n(c2C1=O)CC=C3O. The second-order valence-electron chi connectivity index (χ2n) is 4.95. The van der Waals surface area contributed by atoms with Crippen LogP contribution in [-0.2, 0) is 6.54 Å². The molecule has 0 radical (unpaired) electrons. The minimum Gasteiger partial charge on any atom is -0.504 e. The Kier molecular flexibility index (Phi) is 1.74. The van der Waals surface area contributed by atoms with Crippen molar-refractivity contribution < 1.29 is 14.7 Å². The van der Waals surface area contributed by atoms with Crippen LogP contribution in [0.3, 0.4) is 0 Å². The van der Waals surface area contributed by atoms with Gasteiger partial charge in [0.15, 0.2) is 11.6 Å². The van der Waals surface area contributed by atoms with Gasteiger partial charge in [-0.1, -0.05) is 0 Å². The maximum atomic E-state index is 12.4. The molecule has 1 fully saturated rings. The van der Waals surface area contributed by atoms with Crippen molar-refractivity contribution in [2.24, 2.45) is 0 Å². The van der Waals surface area contributed by atoms with Crippen LogP contribution in [0.25, 0.3) is 5.76 Å². The average molecular weight is 257 g/mol. The van der Waals surface area contributed by atoms with Gasteiger partial charge >= 0.3 is 0 Å². The predicted octanol–water partition coefficient (Wildman–Crippen LogP) is 0.764. The third-order valence-electron chi connectivity index (χ3n) is 3.77. The maximum Gasteiger partial charge on any atom is 0.230 e. The first-order valence-electron chi connectivity index (χ1n) is 6.15. The van der Waals surface area contributed by atoms with Crippen LogP contribution in [0.1, 0.15) is 33.7 Å². The lowest BCUT2D eigenvalue weighted by molar-refractivity contribution is 0.0953. The minimum absolute atomic E-state index is 0.0286. The Morgan fingerprint density at radius 2 is 2.00 bits per heavy atom. The van der Waals surface area contributed by atoms with Crippen LogP contribution in [0, 0.1) is 0 Å². The smallest absolute Gasteiger partial charge is 0.230 e. The Bertz CT molecular complexity index is 720. The molecule has 0 amide bonds. The third kappa shape index (κ3) is 1.18. The number of carbonyl (C=O) groups is 2. The van der Waals surface area contributed by atoms with Crippen molar-refractivity contribution >= 4 is 17.3 Å². The Labute approximate surface area is 108 Å². The number of rotatable bonds is 1. The molecule has 0 aromatic carbocycles. The summed E-state index contributed by atoms with van der Waals surface area (Å²) in [6.07, 6.45) is 1.58. The van der Waals surface area contributed by atoms with Gasteiger partial charge in [-0.25, -0.2) is 4.98 Å². The molecule has 0 saturated carbocycles. The summed E-state index contributed by atoms with van der Waals surface area (Å²) in [6.45, 7) is 3.67. The fourth-order valence-electron chi connectivity index (χ4n) is 2.71. The first-order valence-corrected chi connectivity index (χ1v) is 6.15. The highest BCUT2D eigenvalue weighted by Gasteiger charge is 2.41. The third-order valence-corrected chi connectivity index (χ3v) is 3.77. The van der Waals surface area contributed by atoms with E-state index in [0.29, 0.717) is 29.3 Å². The summed E-state index contributed by atoms with van der Waals surface area (Å²) in [7, 11) is 0. The standard InChI is InChI=1S/C13H11N3O3/c1-6-9(15-4-5-15)12(19)8-10(11(6)18)16-3-2-7(17)13(16)14-8/h2,17H,3-5H2,1H3. The van der Waals surface area contributed by atoms with Crippen molar-refractivity contribution in [3.8, 4) is 0 Å². The monoisotopic (exact) mass is 257 g/mol. The van der Waals surface area contributed by atoms with Crippen molar-refractivity contribution in [1.82, 2.24) is 14.5 Å². The zero-order valence-electron chi connectivity index (χ0n) is 10.3. The molecule has 3 aliphatic rings. The summed E-state index contributed by atoms with van der Waals surface area (Å²) in [5.41, 5.74) is 1.43. The summed E-state index contributed by atoms with van der Waals surface area (Å²) >= 11 is 0. The van der Waals surface area contributed by atoms with Crippen LogP contribution in [0.4, 0.5) is 0 Å². The number of carbonyl (C=O) groups excluding carboxylic acids is 2. The molecule has 0 atom stereocenters. The van der Waals surface area contributed by atoms with E-state index in [4.69, 9.17) is 0 Å². The number of aromatic nitrogens is 2. The fraction of sp³-hybridized carbons (Fsp3) is 0.308. The van der Waals surface area contributed by atoms with E-state index in [1.807, 2.05) is 4.90 Å². The Hall–Kier alpha value is -2.37. The maximum absolute atomic E-state index is 12.4. The van der Waals surface area contributed by atoms with E-state index < -0.39 is 0 Å². The van der Waals surface area contributed by atoms with E-state index in [1.165, 1.54) is 0 Å². The number of ketones is 2. The quantitative estimate of drug-likeness (QED) is 0.752. The van der Waals surface area contributed by atoms with E-state index in [9.17, 15) is 14.7 Å². The first kappa shape index (κ1) is 10.5. The molecule has 1 N–H and O–H groups in total. The van der Waals surface area contributed by atoms with Gasteiger partial charge in [0.1, 0.15) is 11.4 Å². The number of hydrogen-bond donors (Lipinski definition) is 1. The molecule has 6 nitrogen and oxygen atoms in total. The lowest BCUT2D eigenvalue weighted by Crippen LogP contribution is -2.26. The van der Waals surface area contributed by atoms with Crippen LogP contribution in [0.15, 0.2) is 17.3 Å². The van der Waals surface area contributed by atoms with Gasteiger partial charge in [-0.2, -0.15) is 0 Å². The molecule has 0 bridgehead atoms. The highest BCUT2D eigenvalue weighted by molar-refractivity contribution is 6.25. The van der Waals surface area contributed by atoms with Gasteiger partial charge in [-0.05, 0) is 13.0 Å². The average Bonchev–Trinajstić information content (AvgIpc) is 3.03. The molecule has 0 unspecified atom stereocenters. The number of aliphatic hydroxyl groups is 1. The normalized spacial score (nSPS) is 20.7. The van der Waals surface area contributed by atoms with Gasteiger partial charge in [0, 0.05) is 25.2 Å². The predicted molar refractivity (Wildman–Crippen MR) is 65.8 cm³/mol. The van der Waals surface area contributed by atoms with Crippen molar-refractivity contribution in [1.29, 1.82) is 0 Å². The molecule has 3 heterocycles. The molecular weight excluding hydrogens is 246 g/mol. The topological polar surface area (TPSA) is 75.2 Å².